The van der Waals surface area contributed by atoms with E-state index in [0.717, 1.165) is 6.42 Å². The van der Waals surface area contributed by atoms with Crippen molar-refractivity contribution in [3.8, 4) is 11.1 Å². The van der Waals surface area contributed by atoms with E-state index in [9.17, 15) is 24.5 Å². The van der Waals surface area contributed by atoms with Gasteiger partial charge in [-0.05, 0) is 43.0 Å². The Morgan fingerprint density at radius 2 is 1.74 bits per heavy atom. The van der Waals surface area contributed by atoms with E-state index < -0.39 is 27.3 Å². The van der Waals surface area contributed by atoms with E-state index in [1.807, 2.05) is 6.07 Å². The number of hydrogen-bond acceptors (Lipinski definition) is 5. The van der Waals surface area contributed by atoms with Crippen LogP contribution in [0.3, 0.4) is 0 Å². The molecule has 8 heteroatoms. The number of para-hydroxylation sites is 1. The normalized spacial score (nSPS) is 30.5. The number of benzene rings is 2. The Balaban J connectivity index is 1.60. The van der Waals surface area contributed by atoms with Crippen molar-refractivity contribution in [3.63, 3.8) is 0 Å². The molecule has 5 aliphatic rings. The standard InChI is InChI=1S/C27H25N3O5/c1-25(2)20-15-26-12-7-13-29(26)24(33)27(20,28-23(26)32)14-19(22(25)31)18-11-6-10-17(21(18)30(34)35)16-8-4-3-5-9-16/h3-6,8-11,14,20H,7,12-13,15H2,1-2H3,(H,28,32)/t20?,26?,27-/m0/s1. The Kier molecular flexibility index (Phi) is 4.26. The van der Waals surface area contributed by atoms with Crippen LogP contribution >= 0.6 is 0 Å². The lowest BCUT2D eigenvalue weighted by molar-refractivity contribution is -0.384. The van der Waals surface area contributed by atoms with Crippen molar-refractivity contribution in [1.82, 2.24) is 10.2 Å². The Bertz CT molecular complexity index is 1360. The molecule has 4 heterocycles. The van der Waals surface area contributed by atoms with Gasteiger partial charge >= 0.3 is 0 Å². The monoisotopic (exact) mass is 471 g/mol. The van der Waals surface area contributed by atoms with Crippen molar-refractivity contribution >= 4 is 28.9 Å². The number of carbonyl (C=O) groups excluding carboxylic acids is 3. The average Bonchev–Trinajstić information content (AvgIpc) is 3.28. The summed E-state index contributed by atoms with van der Waals surface area (Å²) in [5.74, 6) is -1.09. The summed E-state index contributed by atoms with van der Waals surface area (Å²) in [5.41, 5.74) is -2.18. The Labute approximate surface area is 202 Å². The molecule has 4 saturated heterocycles. The van der Waals surface area contributed by atoms with E-state index in [1.165, 1.54) is 6.08 Å². The van der Waals surface area contributed by atoms with Crippen LogP contribution in [0.1, 0.15) is 38.7 Å². The number of piperazine rings is 1. The zero-order chi connectivity index (χ0) is 24.8. The third-order valence-corrected chi connectivity index (χ3v) is 8.59. The molecule has 2 aromatic carbocycles. The van der Waals surface area contributed by atoms with Gasteiger partial charge in [-0.1, -0.05) is 50.2 Å². The zero-order valence-electron chi connectivity index (χ0n) is 19.5. The van der Waals surface area contributed by atoms with Crippen LogP contribution in [-0.2, 0) is 14.4 Å². The molecule has 35 heavy (non-hydrogen) atoms. The molecule has 178 valence electrons. The lowest BCUT2D eigenvalue weighted by Gasteiger charge is -2.62. The highest BCUT2D eigenvalue weighted by Gasteiger charge is 2.72. The summed E-state index contributed by atoms with van der Waals surface area (Å²) in [5, 5.41) is 15.3. The van der Waals surface area contributed by atoms with Crippen molar-refractivity contribution in [2.75, 3.05) is 6.54 Å². The van der Waals surface area contributed by atoms with E-state index in [2.05, 4.69) is 5.32 Å². The molecule has 4 fully saturated rings. The minimum atomic E-state index is -1.40. The first-order valence-electron chi connectivity index (χ1n) is 11.9. The first kappa shape index (κ1) is 21.7. The molecule has 2 spiro atoms. The van der Waals surface area contributed by atoms with Gasteiger partial charge in [0.2, 0.25) is 5.91 Å². The Morgan fingerprint density at radius 1 is 1.03 bits per heavy atom. The van der Waals surface area contributed by atoms with Gasteiger partial charge in [-0.15, -0.1) is 0 Å². The number of amides is 2. The predicted octanol–water partition coefficient (Wildman–Crippen LogP) is 3.50. The van der Waals surface area contributed by atoms with Crippen LogP contribution in [0.15, 0.2) is 54.6 Å². The number of nitro groups is 1. The van der Waals surface area contributed by atoms with Crippen LogP contribution in [-0.4, -0.2) is 45.0 Å². The van der Waals surface area contributed by atoms with E-state index in [-0.39, 0.29) is 34.4 Å². The number of allylic oxidation sites excluding steroid dienone is 1. The van der Waals surface area contributed by atoms with Gasteiger partial charge in [0.05, 0.1) is 16.1 Å². The van der Waals surface area contributed by atoms with Gasteiger partial charge in [0.1, 0.15) is 11.1 Å². The molecule has 2 amide bonds. The van der Waals surface area contributed by atoms with Crippen molar-refractivity contribution in [1.29, 1.82) is 0 Å². The summed E-state index contributed by atoms with van der Waals surface area (Å²) in [7, 11) is 0. The summed E-state index contributed by atoms with van der Waals surface area (Å²) >= 11 is 0. The lowest BCUT2D eigenvalue weighted by Crippen LogP contribution is -2.83. The molecule has 8 nitrogen and oxygen atoms in total. The molecule has 1 N–H and O–H groups in total. The van der Waals surface area contributed by atoms with Gasteiger partial charge in [-0.2, -0.15) is 0 Å². The van der Waals surface area contributed by atoms with E-state index >= 15 is 0 Å². The number of Topliss-reactive ketones (excluding diaryl/α,β-unsaturated/α-hetero) is 1. The van der Waals surface area contributed by atoms with Crippen molar-refractivity contribution in [2.24, 2.45) is 11.3 Å². The highest BCUT2D eigenvalue weighted by Crippen LogP contribution is 2.58. The molecule has 2 unspecified atom stereocenters. The van der Waals surface area contributed by atoms with Crippen LogP contribution in [0.25, 0.3) is 16.7 Å². The molecular weight excluding hydrogens is 446 g/mol. The molecule has 0 radical (unpaired) electrons. The minimum Gasteiger partial charge on any atom is -0.336 e. The largest absolute Gasteiger partial charge is 0.336 e. The van der Waals surface area contributed by atoms with Gasteiger partial charge in [-0.25, -0.2) is 0 Å². The lowest BCUT2D eigenvalue weighted by atomic mass is 9.51. The number of nitrogens with zero attached hydrogens (tertiary/aromatic N) is 2. The highest BCUT2D eigenvalue weighted by molar-refractivity contribution is 6.27. The topological polar surface area (TPSA) is 110 Å². The van der Waals surface area contributed by atoms with E-state index in [0.29, 0.717) is 30.5 Å². The number of carbonyl (C=O) groups is 3. The maximum atomic E-state index is 13.9. The predicted molar refractivity (Wildman–Crippen MR) is 128 cm³/mol. The molecule has 1 aliphatic carbocycles. The van der Waals surface area contributed by atoms with Gasteiger partial charge in [0.15, 0.2) is 5.78 Å². The maximum absolute atomic E-state index is 13.9. The third-order valence-electron chi connectivity index (χ3n) is 8.59. The summed E-state index contributed by atoms with van der Waals surface area (Å²) in [6, 6.07) is 13.9. The van der Waals surface area contributed by atoms with E-state index in [1.54, 1.807) is 61.2 Å². The van der Waals surface area contributed by atoms with Crippen LogP contribution in [0.4, 0.5) is 5.69 Å². The fourth-order valence-electron chi connectivity index (χ4n) is 6.86. The molecular formula is C27H25N3O5. The molecule has 0 saturated carbocycles. The number of rotatable bonds is 3. The number of ketones is 1. The van der Waals surface area contributed by atoms with Crippen LogP contribution in [0.2, 0.25) is 0 Å². The van der Waals surface area contributed by atoms with Crippen molar-refractivity contribution in [2.45, 2.75) is 44.2 Å². The highest BCUT2D eigenvalue weighted by atomic mass is 16.6. The first-order valence-corrected chi connectivity index (χ1v) is 11.9. The molecule has 3 atom stereocenters. The molecule has 2 aromatic rings. The number of fused-ring (bicyclic) bond motifs is 1. The molecule has 4 aliphatic heterocycles. The zero-order valence-corrected chi connectivity index (χ0v) is 19.5. The SMILES string of the molecule is CC1(C)C(=O)C(c2cccc(-c3ccccc3)c2[N+](=O)[O-])=C[C@@]23NC(=O)C4(CCCN4C2=O)CC13. The smallest absolute Gasteiger partial charge is 0.285 e. The average molecular weight is 472 g/mol. The van der Waals surface area contributed by atoms with Gasteiger partial charge in [0, 0.05) is 23.5 Å². The van der Waals surface area contributed by atoms with Gasteiger partial charge < -0.3 is 10.2 Å². The second-order valence-electron chi connectivity index (χ2n) is 10.6. The Hall–Kier alpha value is -3.81. The quantitative estimate of drug-likeness (QED) is 0.544. The summed E-state index contributed by atoms with van der Waals surface area (Å²) < 4.78 is 0. The van der Waals surface area contributed by atoms with Gasteiger partial charge in [-0.3, -0.25) is 24.5 Å². The fourth-order valence-corrected chi connectivity index (χ4v) is 6.86. The number of hydrogen-bond donors (Lipinski definition) is 1. The maximum Gasteiger partial charge on any atom is 0.285 e. The second kappa shape index (κ2) is 6.87. The second-order valence-corrected chi connectivity index (χ2v) is 10.6. The molecule has 7 rings (SSSR count). The number of piperidine rings is 2. The van der Waals surface area contributed by atoms with Gasteiger partial charge in [0.25, 0.3) is 11.6 Å². The third kappa shape index (κ3) is 2.59. The summed E-state index contributed by atoms with van der Waals surface area (Å²) in [6.45, 7) is 4.08. The number of nitro benzene ring substituents is 1. The molecule has 2 bridgehead atoms. The minimum absolute atomic E-state index is 0.109. The van der Waals surface area contributed by atoms with E-state index in [4.69, 9.17) is 0 Å². The van der Waals surface area contributed by atoms with Crippen molar-refractivity contribution in [3.05, 3.63) is 70.3 Å². The fraction of sp³-hybridized carbons (Fsp3) is 0.370. The van der Waals surface area contributed by atoms with Crippen LogP contribution < -0.4 is 5.32 Å². The summed E-state index contributed by atoms with van der Waals surface area (Å²) in [6.07, 6.45) is 3.25. The van der Waals surface area contributed by atoms with Crippen molar-refractivity contribution < 1.29 is 19.3 Å². The van der Waals surface area contributed by atoms with Crippen LogP contribution in [0, 0.1) is 21.4 Å². The number of nitrogens with one attached hydrogen (secondary N) is 1. The first-order chi connectivity index (χ1) is 16.6. The Morgan fingerprint density at radius 3 is 2.46 bits per heavy atom. The molecule has 0 aromatic heterocycles. The van der Waals surface area contributed by atoms with Crippen LogP contribution in [0.5, 0.6) is 0 Å². The summed E-state index contributed by atoms with van der Waals surface area (Å²) in [4.78, 5) is 54.6.